The molecule has 2 nitrogen and oxygen atoms in total. The summed E-state index contributed by atoms with van der Waals surface area (Å²) in [5.74, 6) is -0.924. The highest BCUT2D eigenvalue weighted by atomic mass is 19.1. The van der Waals surface area contributed by atoms with Crippen LogP contribution in [0.25, 0.3) is 0 Å². The first-order valence-corrected chi connectivity index (χ1v) is 3.59. The molecule has 0 heterocycles. The summed E-state index contributed by atoms with van der Waals surface area (Å²) in [5, 5.41) is 7.72. The molecule has 0 saturated carbocycles. The number of carboxylic acids is 1. The highest BCUT2D eigenvalue weighted by Crippen LogP contribution is 1.91. The van der Waals surface area contributed by atoms with Crippen molar-refractivity contribution in [3.63, 3.8) is 0 Å². The second-order valence-electron chi connectivity index (χ2n) is 2.04. The molecule has 1 aromatic rings. The maximum atomic E-state index is 11.9. The summed E-state index contributed by atoms with van der Waals surface area (Å²) < 4.78 is 11.9. The van der Waals surface area contributed by atoms with Gasteiger partial charge in [0.2, 0.25) is 0 Å². The van der Waals surface area contributed by atoms with Gasteiger partial charge in [-0.05, 0) is 12.1 Å². The monoisotopic (exact) mass is 170 g/mol. The first-order chi connectivity index (χ1) is 5.66. The lowest BCUT2D eigenvalue weighted by molar-refractivity contribution is -0.136. The molecule has 0 saturated heterocycles. The van der Waals surface area contributed by atoms with Crippen molar-refractivity contribution in [2.75, 3.05) is 0 Å². The lowest BCUT2D eigenvalue weighted by Gasteiger charge is -1.78. The molecule has 0 aliphatic carbocycles. The minimum Gasteiger partial charge on any atom is -0.481 e. The van der Waals surface area contributed by atoms with E-state index in [1.165, 1.54) is 12.1 Å². The van der Waals surface area contributed by atoms with E-state index in [4.69, 9.17) is 5.11 Å². The molecule has 0 amide bonds. The predicted molar refractivity (Wildman–Crippen MR) is 44.3 cm³/mol. The number of carbonyl (C=O) groups is 1. The summed E-state index contributed by atoms with van der Waals surface area (Å²) in [5.41, 5.74) is 0. The Morgan fingerprint density at radius 1 is 1.42 bits per heavy atom. The fraction of sp³-hybridized carbons (Fsp3) is 0.222. The van der Waals surface area contributed by atoms with Gasteiger partial charge in [0.25, 0.3) is 0 Å². The first kappa shape index (κ1) is 10.6. The minimum atomic E-state index is -0.745. The van der Waals surface area contributed by atoms with Gasteiger partial charge in [-0.2, -0.15) is 0 Å². The lowest BCUT2D eigenvalue weighted by Crippen LogP contribution is -1.86. The molecular weight excluding hydrogens is 159 g/mol. The van der Waals surface area contributed by atoms with Crippen molar-refractivity contribution >= 4 is 5.97 Å². The fourth-order valence-electron chi connectivity index (χ4n) is 0.415. The second kappa shape index (κ2) is 6.34. The smallest absolute Gasteiger partial charge is 0.303 e. The molecule has 1 N–H and O–H groups in total. The zero-order chi connectivity index (χ0) is 9.40. The Morgan fingerprint density at radius 3 is 2.00 bits per heavy atom. The van der Waals surface area contributed by atoms with Gasteiger partial charge in [0.05, 0.1) is 0 Å². The highest BCUT2D eigenvalue weighted by molar-refractivity contribution is 5.66. The third-order valence-corrected chi connectivity index (χ3v) is 1.04. The van der Waals surface area contributed by atoms with Crippen LogP contribution in [0.3, 0.4) is 0 Å². The van der Waals surface area contributed by atoms with Gasteiger partial charge in [0.15, 0.2) is 0 Å². The average molecular weight is 170 g/mol. The molecule has 0 aliphatic heterocycles. The maximum absolute atomic E-state index is 11.9. The van der Waals surface area contributed by atoms with Gasteiger partial charge in [-0.3, -0.25) is 4.79 Å². The van der Waals surface area contributed by atoms with E-state index in [0.717, 1.165) is 0 Å². The summed E-state index contributed by atoms with van der Waals surface area (Å²) in [6.07, 6.45) is 0.222. The number of hydrogen-bond donors (Lipinski definition) is 1. The quantitative estimate of drug-likeness (QED) is 0.702. The van der Waals surface area contributed by atoms with Gasteiger partial charge in [0.1, 0.15) is 5.82 Å². The molecule has 1 aromatic carbocycles. The molecule has 0 aromatic heterocycles. The van der Waals surface area contributed by atoms with Gasteiger partial charge < -0.3 is 5.11 Å². The molecule has 0 bridgehead atoms. The van der Waals surface area contributed by atoms with Crippen LogP contribution in [0, 0.1) is 5.82 Å². The Balaban J connectivity index is 0.000000217. The summed E-state index contributed by atoms with van der Waals surface area (Å²) in [6.45, 7) is 1.60. The molecule has 1 rings (SSSR count). The Bertz CT molecular complexity index is 221. The van der Waals surface area contributed by atoms with E-state index in [1.807, 2.05) is 0 Å². The van der Waals surface area contributed by atoms with Crippen molar-refractivity contribution in [1.82, 2.24) is 0 Å². The Kier molecular flexibility index (Phi) is 5.61. The van der Waals surface area contributed by atoms with Gasteiger partial charge in [-0.25, -0.2) is 4.39 Å². The minimum absolute atomic E-state index is 0.178. The molecule has 0 spiro atoms. The van der Waals surface area contributed by atoms with Crippen LogP contribution in [0.15, 0.2) is 30.3 Å². The predicted octanol–water partition coefficient (Wildman–Crippen LogP) is 2.31. The van der Waals surface area contributed by atoms with E-state index in [0.29, 0.717) is 0 Å². The van der Waals surface area contributed by atoms with Crippen LogP contribution in [0.4, 0.5) is 4.39 Å². The van der Waals surface area contributed by atoms with Crippen LogP contribution in [0.1, 0.15) is 13.3 Å². The molecule has 0 unspecified atom stereocenters. The SMILES string of the molecule is CCC(=O)O.Fc1ccccc1. The molecule has 0 radical (unpaired) electrons. The Hall–Kier alpha value is -1.38. The van der Waals surface area contributed by atoms with E-state index in [-0.39, 0.29) is 12.2 Å². The van der Waals surface area contributed by atoms with Crippen molar-refractivity contribution in [3.05, 3.63) is 36.1 Å². The van der Waals surface area contributed by atoms with E-state index >= 15 is 0 Å². The van der Waals surface area contributed by atoms with Crippen molar-refractivity contribution in [2.45, 2.75) is 13.3 Å². The van der Waals surface area contributed by atoms with E-state index < -0.39 is 5.97 Å². The number of benzene rings is 1. The normalized spacial score (nSPS) is 8.17. The summed E-state index contributed by atoms with van der Waals surface area (Å²) >= 11 is 0. The summed E-state index contributed by atoms with van der Waals surface area (Å²) in [4.78, 5) is 9.37. The molecule has 12 heavy (non-hydrogen) atoms. The molecule has 66 valence electrons. The van der Waals surface area contributed by atoms with Crippen LogP contribution >= 0.6 is 0 Å². The van der Waals surface area contributed by atoms with Crippen LogP contribution in [-0.2, 0) is 4.79 Å². The fourth-order valence-corrected chi connectivity index (χ4v) is 0.415. The maximum Gasteiger partial charge on any atom is 0.303 e. The summed E-state index contributed by atoms with van der Waals surface area (Å²) in [6, 6.07) is 7.94. The number of aliphatic carboxylic acids is 1. The van der Waals surface area contributed by atoms with Crippen molar-refractivity contribution in [2.24, 2.45) is 0 Å². The molecule has 0 atom stereocenters. The molecule has 3 heteroatoms. The zero-order valence-corrected chi connectivity index (χ0v) is 6.83. The number of halogens is 1. The standard InChI is InChI=1S/C6H5F.C3H6O2/c7-6-4-2-1-3-5-6;1-2-3(4)5/h1-5H;2H2,1H3,(H,4,5). The van der Waals surface area contributed by atoms with Crippen LogP contribution < -0.4 is 0 Å². The van der Waals surface area contributed by atoms with Gasteiger partial charge in [0, 0.05) is 6.42 Å². The van der Waals surface area contributed by atoms with Crippen molar-refractivity contribution in [1.29, 1.82) is 0 Å². The van der Waals surface area contributed by atoms with E-state index in [9.17, 15) is 9.18 Å². The molecular formula is C9H11FO2. The highest BCUT2D eigenvalue weighted by Gasteiger charge is 1.80. The lowest BCUT2D eigenvalue weighted by atomic mass is 10.4. The zero-order valence-electron chi connectivity index (χ0n) is 6.83. The second-order valence-corrected chi connectivity index (χ2v) is 2.04. The van der Waals surface area contributed by atoms with Crippen LogP contribution in [0.5, 0.6) is 0 Å². The van der Waals surface area contributed by atoms with Crippen molar-refractivity contribution < 1.29 is 14.3 Å². The number of hydrogen-bond acceptors (Lipinski definition) is 1. The number of rotatable bonds is 1. The third-order valence-electron chi connectivity index (χ3n) is 1.04. The van der Waals surface area contributed by atoms with Gasteiger partial charge in [-0.15, -0.1) is 0 Å². The Labute approximate surface area is 70.7 Å². The largest absolute Gasteiger partial charge is 0.481 e. The van der Waals surface area contributed by atoms with E-state index in [2.05, 4.69) is 0 Å². The summed E-state index contributed by atoms with van der Waals surface area (Å²) in [7, 11) is 0. The van der Waals surface area contributed by atoms with Crippen molar-refractivity contribution in [3.8, 4) is 0 Å². The first-order valence-electron chi connectivity index (χ1n) is 3.59. The molecule has 0 fully saturated rings. The van der Waals surface area contributed by atoms with E-state index in [1.54, 1.807) is 25.1 Å². The number of carboxylic acid groups (broad SMARTS) is 1. The van der Waals surface area contributed by atoms with Gasteiger partial charge >= 0.3 is 5.97 Å². The topological polar surface area (TPSA) is 37.3 Å². The molecule has 0 aliphatic rings. The van der Waals surface area contributed by atoms with Gasteiger partial charge in [-0.1, -0.05) is 25.1 Å². The van der Waals surface area contributed by atoms with Crippen LogP contribution in [-0.4, -0.2) is 11.1 Å². The average Bonchev–Trinajstić information content (AvgIpc) is 2.07. The third kappa shape index (κ3) is 6.74. The van der Waals surface area contributed by atoms with Crippen LogP contribution in [0.2, 0.25) is 0 Å². The Morgan fingerprint density at radius 2 is 1.83 bits per heavy atom.